The van der Waals surface area contributed by atoms with Gasteiger partial charge in [0.2, 0.25) is 5.88 Å². The van der Waals surface area contributed by atoms with E-state index in [-0.39, 0.29) is 0 Å². The largest absolute Gasteiger partial charge is 0.491 e. The summed E-state index contributed by atoms with van der Waals surface area (Å²) in [7, 11) is 0. The van der Waals surface area contributed by atoms with Gasteiger partial charge >= 0.3 is 0 Å². The van der Waals surface area contributed by atoms with Gasteiger partial charge in [0.1, 0.15) is 19.0 Å². The fourth-order valence-electron chi connectivity index (χ4n) is 3.82. The van der Waals surface area contributed by atoms with Crippen molar-refractivity contribution in [3.8, 4) is 17.3 Å². The van der Waals surface area contributed by atoms with Crippen LogP contribution in [0, 0.1) is 6.92 Å². The lowest BCUT2D eigenvalue weighted by Gasteiger charge is -2.19. The van der Waals surface area contributed by atoms with E-state index in [1.807, 2.05) is 66.2 Å². The molecule has 0 saturated carbocycles. The van der Waals surface area contributed by atoms with E-state index in [2.05, 4.69) is 26.9 Å². The predicted octanol–water partition coefficient (Wildman–Crippen LogP) is 4.76. The fraction of sp³-hybridized carbons (Fsp3) is 0.250. The van der Waals surface area contributed by atoms with Gasteiger partial charge in [-0.3, -0.25) is 4.90 Å². The summed E-state index contributed by atoms with van der Waals surface area (Å²) in [6.45, 7) is 5.64. The van der Waals surface area contributed by atoms with E-state index in [0.29, 0.717) is 19.1 Å². The highest BCUT2D eigenvalue weighted by Crippen LogP contribution is 2.29. The summed E-state index contributed by atoms with van der Waals surface area (Å²) < 4.78 is 14.8. The zero-order valence-electron chi connectivity index (χ0n) is 17.3. The van der Waals surface area contributed by atoms with Crippen molar-refractivity contribution in [2.75, 3.05) is 26.3 Å². The SMILES string of the molecule is Cc1nn(-c2ccccc2)c2nc3c(cc12)CN(CCOc1ccccc1Br)CCO3. The lowest BCUT2D eigenvalue weighted by molar-refractivity contribution is 0.185. The second kappa shape index (κ2) is 8.69. The third-order valence-corrected chi connectivity index (χ3v) is 6.08. The molecule has 3 heterocycles. The Morgan fingerprint density at radius 3 is 2.74 bits per heavy atom. The molecule has 0 unspecified atom stereocenters. The van der Waals surface area contributed by atoms with E-state index in [0.717, 1.165) is 57.8 Å². The number of hydrogen-bond acceptors (Lipinski definition) is 5. The summed E-state index contributed by atoms with van der Waals surface area (Å²) in [4.78, 5) is 7.20. The number of rotatable bonds is 5. The Labute approximate surface area is 189 Å². The molecule has 0 aliphatic carbocycles. The summed E-state index contributed by atoms with van der Waals surface area (Å²) in [5, 5.41) is 5.78. The minimum absolute atomic E-state index is 0.596. The van der Waals surface area contributed by atoms with Crippen LogP contribution in [0.4, 0.5) is 0 Å². The van der Waals surface area contributed by atoms with Crippen LogP contribution in [0.3, 0.4) is 0 Å². The van der Waals surface area contributed by atoms with Crippen LogP contribution in [0.5, 0.6) is 11.6 Å². The molecule has 0 spiro atoms. The van der Waals surface area contributed by atoms with Crippen LogP contribution < -0.4 is 9.47 Å². The predicted molar refractivity (Wildman–Crippen MR) is 124 cm³/mol. The molecule has 1 aliphatic rings. The number of benzene rings is 2. The molecule has 1 aliphatic heterocycles. The van der Waals surface area contributed by atoms with Crippen LogP contribution in [0.15, 0.2) is 65.1 Å². The van der Waals surface area contributed by atoms with E-state index in [9.17, 15) is 0 Å². The molecule has 4 aromatic rings. The van der Waals surface area contributed by atoms with E-state index in [1.165, 1.54) is 0 Å². The highest BCUT2D eigenvalue weighted by Gasteiger charge is 2.20. The number of aryl methyl sites for hydroxylation is 1. The highest BCUT2D eigenvalue weighted by molar-refractivity contribution is 9.10. The van der Waals surface area contributed by atoms with Crippen molar-refractivity contribution >= 4 is 27.0 Å². The minimum atomic E-state index is 0.596. The van der Waals surface area contributed by atoms with Crippen LogP contribution >= 0.6 is 15.9 Å². The molecule has 0 amide bonds. The standard InChI is InChI=1S/C24H23BrN4O2/c1-17-20-15-18-16-28(11-13-30-22-10-6-5-9-21(22)25)12-14-31-24(18)26-23(20)29(27-17)19-7-3-2-4-8-19/h2-10,15H,11-14,16H2,1H3. The van der Waals surface area contributed by atoms with E-state index in [4.69, 9.17) is 19.6 Å². The zero-order valence-corrected chi connectivity index (χ0v) is 18.9. The van der Waals surface area contributed by atoms with E-state index < -0.39 is 0 Å². The van der Waals surface area contributed by atoms with Gasteiger partial charge in [0.15, 0.2) is 5.65 Å². The van der Waals surface area contributed by atoms with Crippen molar-refractivity contribution in [2.24, 2.45) is 0 Å². The van der Waals surface area contributed by atoms with Crippen LogP contribution in [-0.4, -0.2) is 46.0 Å². The summed E-state index contributed by atoms with van der Waals surface area (Å²) in [6.07, 6.45) is 0. The number of halogens is 1. The quantitative estimate of drug-likeness (QED) is 0.413. The van der Waals surface area contributed by atoms with Crippen molar-refractivity contribution in [1.29, 1.82) is 0 Å². The normalized spacial score (nSPS) is 14.1. The number of pyridine rings is 1. The smallest absolute Gasteiger partial charge is 0.220 e. The van der Waals surface area contributed by atoms with Crippen molar-refractivity contribution < 1.29 is 9.47 Å². The molecule has 2 aromatic heterocycles. The lowest BCUT2D eigenvalue weighted by atomic mass is 10.2. The van der Waals surface area contributed by atoms with Crippen LogP contribution in [0.25, 0.3) is 16.7 Å². The molecule has 6 nitrogen and oxygen atoms in total. The first kappa shape index (κ1) is 20.0. The molecular weight excluding hydrogens is 456 g/mol. The first-order valence-corrected chi connectivity index (χ1v) is 11.2. The van der Waals surface area contributed by atoms with Gasteiger partial charge in [0.25, 0.3) is 0 Å². The number of nitrogens with zero attached hydrogens (tertiary/aromatic N) is 4. The van der Waals surface area contributed by atoms with Gasteiger partial charge < -0.3 is 9.47 Å². The number of fused-ring (bicyclic) bond motifs is 2. The molecule has 0 fully saturated rings. The second-order valence-corrected chi connectivity index (χ2v) is 8.41. The first-order chi connectivity index (χ1) is 15.2. The average molecular weight is 479 g/mol. The third-order valence-electron chi connectivity index (χ3n) is 5.42. The maximum atomic E-state index is 6.03. The summed E-state index contributed by atoms with van der Waals surface area (Å²) >= 11 is 3.53. The van der Waals surface area contributed by atoms with Crippen molar-refractivity contribution in [3.05, 3.63) is 76.4 Å². The summed E-state index contributed by atoms with van der Waals surface area (Å²) in [6, 6.07) is 20.2. The minimum Gasteiger partial charge on any atom is -0.491 e. The average Bonchev–Trinajstić information content (AvgIpc) is 2.97. The first-order valence-electron chi connectivity index (χ1n) is 10.4. The molecule has 158 valence electrons. The monoisotopic (exact) mass is 478 g/mol. The van der Waals surface area contributed by atoms with Crippen molar-refractivity contribution in [1.82, 2.24) is 19.7 Å². The molecule has 31 heavy (non-hydrogen) atoms. The van der Waals surface area contributed by atoms with E-state index >= 15 is 0 Å². The van der Waals surface area contributed by atoms with Crippen molar-refractivity contribution in [3.63, 3.8) is 0 Å². The Hall–Kier alpha value is -2.90. The van der Waals surface area contributed by atoms with Gasteiger partial charge in [-0.05, 0) is 53.2 Å². The van der Waals surface area contributed by atoms with Gasteiger partial charge in [0, 0.05) is 30.6 Å². The zero-order chi connectivity index (χ0) is 21.2. The molecule has 0 N–H and O–H groups in total. The molecular formula is C24H23BrN4O2. The Balaban J connectivity index is 1.36. The molecule has 2 aromatic carbocycles. The van der Waals surface area contributed by atoms with Gasteiger partial charge in [-0.15, -0.1) is 0 Å². The second-order valence-electron chi connectivity index (χ2n) is 7.56. The molecule has 0 bridgehead atoms. The topological polar surface area (TPSA) is 52.4 Å². The van der Waals surface area contributed by atoms with E-state index in [1.54, 1.807) is 0 Å². The fourth-order valence-corrected chi connectivity index (χ4v) is 4.22. The van der Waals surface area contributed by atoms with Gasteiger partial charge in [-0.2, -0.15) is 10.1 Å². The summed E-state index contributed by atoms with van der Waals surface area (Å²) in [5.74, 6) is 1.56. The van der Waals surface area contributed by atoms with Crippen LogP contribution in [0.2, 0.25) is 0 Å². The Kier molecular flexibility index (Phi) is 5.61. The molecule has 0 radical (unpaired) electrons. The molecule has 7 heteroatoms. The van der Waals surface area contributed by atoms with Gasteiger partial charge in [0.05, 0.1) is 15.9 Å². The number of aromatic nitrogens is 3. The highest BCUT2D eigenvalue weighted by atomic mass is 79.9. The molecule has 0 atom stereocenters. The number of para-hydroxylation sites is 2. The molecule has 5 rings (SSSR count). The number of ether oxygens (including phenoxy) is 2. The van der Waals surface area contributed by atoms with Crippen LogP contribution in [-0.2, 0) is 6.54 Å². The number of hydrogen-bond donors (Lipinski definition) is 0. The maximum absolute atomic E-state index is 6.03. The Bertz CT molecular complexity index is 1210. The van der Waals surface area contributed by atoms with Gasteiger partial charge in [-0.1, -0.05) is 30.3 Å². The lowest BCUT2D eigenvalue weighted by Crippen LogP contribution is -2.30. The Morgan fingerprint density at radius 1 is 1.10 bits per heavy atom. The maximum Gasteiger partial charge on any atom is 0.220 e. The van der Waals surface area contributed by atoms with Gasteiger partial charge in [-0.25, -0.2) is 4.68 Å². The molecule has 0 saturated heterocycles. The van der Waals surface area contributed by atoms with Crippen molar-refractivity contribution in [2.45, 2.75) is 13.5 Å². The summed E-state index contributed by atoms with van der Waals surface area (Å²) in [5.41, 5.74) is 3.87. The van der Waals surface area contributed by atoms with Crippen LogP contribution in [0.1, 0.15) is 11.3 Å². The third kappa shape index (κ3) is 4.16. The Morgan fingerprint density at radius 2 is 1.90 bits per heavy atom.